The minimum absolute atomic E-state index is 0.500. The minimum atomic E-state index is 0.500. The van der Waals surface area contributed by atoms with Crippen molar-refractivity contribution in [3.8, 4) is 17.4 Å². The van der Waals surface area contributed by atoms with Gasteiger partial charge in [0.1, 0.15) is 5.75 Å². The third-order valence-corrected chi connectivity index (χ3v) is 3.61. The van der Waals surface area contributed by atoms with Crippen molar-refractivity contribution in [2.24, 2.45) is 0 Å². The van der Waals surface area contributed by atoms with Crippen LogP contribution in [0.4, 0.5) is 5.69 Å². The summed E-state index contributed by atoms with van der Waals surface area (Å²) in [6.07, 6.45) is 1.71. The van der Waals surface area contributed by atoms with E-state index in [0.29, 0.717) is 17.3 Å². The predicted octanol–water partition coefficient (Wildman–Crippen LogP) is 4.38. The van der Waals surface area contributed by atoms with E-state index in [1.807, 2.05) is 30.3 Å². The van der Waals surface area contributed by atoms with Gasteiger partial charge in [-0.05, 0) is 41.8 Å². The average molecular weight is 345 g/mol. The van der Waals surface area contributed by atoms with Crippen LogP contribution in [0, 0.1) is 0 Å². The molecule has 0 bridgehead atoms. The molecule has 106 valence electrons. The summed E-state index contributed by atoms with van der Waals surface area (Å²) in [5.74, 6) is 1.82. The Morgan fingerprint density at radius 1 is 1.10 bits per heavy atom. The van der Waals surface area contributed by atoms with E-state index in [-0.39, 0.29) is 0 Å². The van der Waals surface area contributed by atoms with Crippen LogP contribution in [-0.4, -0.2) is 12.1 Å². The molecule has 0 saturated carbocycles. The van der Waals surface area contributed by atoms with Gasteiger partial charge in [-0.3, -0.25) is 0 Å². The summed E-state index contributed by atoms with van der Waals surface area (Å²) in [6.45, 7) is 0. The molecule has 4 nitrogen and oxygen atoms in total. The summed E-state index contributed by atoms with van der Waals surface area (Å²) in [5, 5.41) is 1.90. The first-order valence-corrected chi connectivity index (χ1v) is 7.12. The smallest absolute Gasteiger partial charge is 0.227 e. The van der Waals surface area contributed by atoms with E-state index in [0.717, 1.165) is 21.0 Å². The molecule has 1 heterocycles. The third-order valence-electron chi connectivity index (χ3n) is 3.12. The van der Waals surface area contributed by atoms with Crippen molar-refractivity contribution in [1.82, 2.24) is 4.98 Å². The van der Waals surface area contributed by atoms with Crippen LogP contribution in [0.15, 0.2) is 53.1 Å². The zero-order valence-corrected chi connectivity index (χ0v) is 12.9. The van der Waals surface area contributed by atoms with Crippen LogP contribution in [0.3, 0.4) is 0 Å². The maximum absolute atomic E-state index is 5.96. The van der Waals surface area contributed by atoms with Crippen molar-refractivity contribution in [2.45, 2.75) is 0 Å². The highest BCUT2D eigenvalue weighted by atomic mass is 79.9. The lowest BCUT2D eigenvalue weighted by Gasteiger charge is -2.11. The van der Waals surface area contributed by atoms with Crippen LogP contribution in [0.5, 0.6) is 17.4 Å². The highest BCUT2D eigenvalue weighted by Crippen LogP contribution is 2.33. The van der Waals surface area contributed by atoms with Gasteiger partial charge in [0.25, 0.3) is 0 Å². The number of nitrogens with zero attached hydrogens (tertiary/aromatic N) is 1. The molecule has 2 aromatic carbocycles. The van der Waals surface area contributed by atoms with Gasteiger partial charge in [-0.2, -0.15) is 0 Å². The molecule has 2 N–H and O–H groups in total. The van der Waals surface area contributed by atoms with Crippen LogP contribution < -0.4 is 15.2 Å². The summed E-state index contributed by atoms with van der Waals surface area (Å²) in [6, 6.07) is 13.2. The monoisotopic (exact) mass is 344 g/mol. The first kappa shape index (κ1) is 13.7. The SMILES string of the molecule is COc1ccc2ccnc(Oc3ccc(Br)cc3N)c2c1. The highest BCUT2D eigenvalue weighted by Gasteiger charge is 2.09. The Hall–Kier alpha value is -2.27. The lowest BCUT2D eigenvalue weighted by atomic mass is 10.1. The first-order valence-electron chi connectivity index (χ1n) is 6.33. The van der Waals surface area contributed by atoms with Crippen molar-refractivity contribution in [3.63, 3.8) is 0 Å². The van der Waals surface area contributed by atoms with Crippen LogP contribution in [0.1, 0.15) is 0 Å². The van der Waals surface area contributed by atoms with Gasteiger partial charge < -0.3 is 15.2 Å². The van der Waals surface area contributed by atoms with Crippen LogP contribution >= 0.6 is 15.9 Å². The van der Waals surface area contributed by atoms with Crippen LogP contribution in [-0.2, 0) is 0 Å². The molecule has 0 amide bonds. The zero-order chi connectivity index (χ0) is 14.8. The normalized spacial score (nSPS) is 10.6. The van der Waals surface area contributed by atoms with Crippen molar-refractivity contribution in [3.05, 3.63) is 53.1 Å². The molecule has 0 aliphatic heterocycles. The van der Waals surface area contributed by atoms with E-state index in [9.17, 15) is 0 Å². The molecule has 0 radical (unpaired) electrons. The molecule has 3 rings (SSSR count). The number of rotatable bonds is 3. The summed E-state index contributed by atoms with van der Waals surface area (Å²) in [5.41, 5.74) is 6.51. The molecule has 0 unspecified atom stereocenters. The fourth-order valence-electron chi connectivity index (χ4n) is 2.05. The number of fused-ring (bicyclic) bond motifs is 1. The number of hydrogen-bond acceptors (Lipinski definition) is 4. The topological polar surface area (TPSA) is 57.4 Å². The number of nitrogen functional groups attached to an aromatic ring is 1. The third kappa shape index (κ3) is 2.78. The van der Waals surface area contributed by atoms with Gasteiger partial charge in [0.05, 0.1) is 12.8 Å². The van der Waals surface area contributed by atoms with E-state index in [4.69, 9.17) is 15.2 Å². The summed E-state index contributed by atoms with van der Waals surface area (Å²) in [7, 11) is 1.63. The number of halogens is 1. The molecular weight excluding hydrogens is 332 g/mol. The van der Waals surface area contributed by atoms with E-state index >= 15 is 0 Å². The second kappa shape index (κ2) is 5.61. The second-order valence-corrected chi connectivity index (χ2v) is 5.40. The van der Waals surface area contributed by atoms with E-state index in [1.54, 1.807) is 25.4 Å². The molecule has 0 spiro atoms. The van der Waals surface area contributed by atoms with Crippen molar-refractivity contribution in [2.75, 3.05) is 12.8 Å². The zero-order valence-electron chi connectivity index (χ0n) is 11.3. The predicted molar refractivity (Wildman–Crippen MR) is 86.9 cm³/mol. The maximum atomic E-state index is 5.96. The number of aromatic nitrogens is 1. The van der Waals surface area contributed by atoms with Crippen LogP contribution in [0.25, 0.3) is 10.8 Å². The largest absolute Gasteiger partial charge is 0.497 e. The molecular formula is C16H13BrN2O2. The van der Waals surface area contributed by atoms with Gasteiger partial charge in [-0.1, -0.05) is 22.0 Å². The Balaban J connectivity index is 2.07. The molecule has 21 heavy (non-hydrogen) atoms. The number of ether oxygens (including phenoxy) is 2. The van der Waals surface area contributed by atoms with Gasteiger partial charge in [-0.15, -0.1) is 0 Å². The summed E-state index contributed by atoms with van der Waals surface area (Å²) < 4.78 is 12.0. The average Bonchev–Trinajstić information content (AvgIpc) is 2.50. The van der Waals surface area contributed by atoms with Gasteiger partial charge in [0.15, 0.2) is 5.75 Å². The number of pyridine rings is 1. The number of methoxy groups -OCH3 is 1. The van der Waals surface area contributed by atoms with Gasteiger partial charge in [0.2, 0.25) is 5.88 Å². The van der Waals surface area contributed by atoms with Crippen molar-refractivity contribution in [1.29, 1.82) is 0 Å². The number of benzene rings is 2. The van der Waals surface area contributed by atoms with Gasteiger partial charge >= 0.3 is 0 Å². The van der Waals surface area contributed by atoms with Gasteiger partial charge in [-0.25, -0.2) is 4.98 Å². The lowest BCUT2D eigenvalue weighted by molar-refractivity contribution is 0.415. The fraction of sp³-hybridized carbons (Fsp3) is 0.0625. The maximum Gasteiger partial charge on any atom is 0.227 e. The van der Waals surface area contributed by atoms with Crippen LogP contribution in [0.2, 0.25) is 0 Å². The highest BCUT2D eigenvalue weighted by molar-refractivity contribution is 9.10. The van der Waals surface area contributed by atoms with E-state index < -0.39 is 0 Å². The number of nitrogens with two attached hydrogens (primary N) is 1. The summed E-state index contributed by atoms with van der Waals surface area (Å²) in [4.78, 5) is 4.30. The molecule has 0 aliphatic carbocycles. The Morgan fingerprint density at radius 2 is 1.95 bits per heavy atom. The Labute approximate surface area is 130 Å². The minimum Gasteiger partial charge on any atom is -0.497 e. The van der Waals surface area contributed by atoms with Crippen molar-refractivity contribution >= 4 is 32.4 Å². The number of anilines is 1. The number of hydrogen-bond donors (Lipinski definition) is 1. The molecule has 0 saturated heterocycles. The Kier molecular flexibility index (Phi) is 3.66. The summed E-state index contributed by atoms with van der Waals surface area (Å²) >= 11 is 3.37. The molecule has 3 aromatic rings. The Morgan fingerprint density at radius 3 is 2.71 bits per heavy atom. The van der Waals surface area contributed by atoms with Crippen molar-refractivity contribution < 1.29 is 9.47 Å². The second-order valence-electron chi connectivity index (χ2n) is 4.49. The quantitative estimate of drug-likeness (QED) is 0.716. The Bertz CT molecular complexity index is 805. The molecule has 0 aliphatic rings. The standard InChI is InChI=1S/C16H13BrN2O2/c1-20-12-4-2-10-6-7-19-16(13(10)9-12)21-15-5-3-11(17)8-14(15)18/h2-9H,18H2,1H3. The van der Waals surface area contributed by atoms with Gasteiger partial charge in [0, 0.05) is 16.1 Å². The molecule has 5 heteroatoms. The van der Waals surface area contributed by atoms with E-state index in [2.05, 4.69) is 20.9 Å². The molecule has 0 atom stereocenters. The fourth-order valence-corrected chi connectivity index (χ4v) is 2.42. The molecule has 0 fully saturated rings. The lowest BCUT2D eigenvalue weighted by Crippen LogP contribution is -1.94. The van der Waals surface area contributed by atoms with E-state index in [1.165, 1.54) is 0 Å². The first-order chi connectivity index (χ1) is 10.2. The molecule has 1 aromatic heterocycles.